The summed E-state index contributed by atoms with van der Waals surface area (Å²) in [6.45, 7) is 0. The van der Waals surface area contributed by atoms with Crippen LogP contribution in [-0.2, 0) is 6.18 Å². The molecule has 0 aliphatic heterocycles. The first-order chi connectivity index (χ1) is 9.38. The Bertz CT molecular complexity index is 678. The van der Waals surface area contributed by atoms with E-state index in [9.17, 15) is 18.0 Å². The molecule has 0 aliphatic rings. The summed E-state index contributed by atoms with van der Waals surface area (Å²) in [5, 5.41) is 8.28. The first kappa shape index (κ1) is 13.8. The van der Waals surface area contributed by atoms with E-state index in [2.05, 4.69) is 20.1 Å². The summed E-state index contributed by atoms with van der Waals surface area (Å²) in [5.74, 6) is -0.588. The maximum Gasteiger partial charge on any atom is 0.435 e. The molecule has 0 aliphatic carbocycles. The number of nitrogens with zero attached hydrogens (tertiary/aromatic N) is 4. The Labute approximate surface area is 109 Å². The lowest BCUT2D eigenvalue weighted by atomic mass is 10.2. The van der Waals surface area contributed by atoms with E-state index in [1.807, 2.05) is 5.10 Å². The van der Waals surface area contributed by atoms with Crippen LogP contribution < -0.4 is 15.2 Å². The monoisotopic (exact) mass is 291 g/mol. The van der Waals surface area contributed by atoms with E-state index in [0.717, 1.165) is 20.3 Å². The number of ether oxygens (including phenoxy) is 2. The lowest BCUT2D eigenvalue weighted by molar-refractivity contribution is -0.141. The molecular formula is C9H8F3N5O3. The molecule has 0 spiro atoms. The molecule has 0 bridgehead atoms. The number of hydrogen-bond acceptors (Lipinski definition) is 6. The second kappa shape index (κ2) is 4.83. The van der Waals surface area contributed by atoms with Gasteiger partial charge in [-0.15, -0.1) is 0 Å². The van der Waals surface area contributed by atoms with Crippen LogP contribution >= 0.6 is 0 Å². The van der Waals surface area contributed by atoms with Gasteiger partial charge in [-0.05, 0) is 10.4 Å². The van der Waals surface area contributed by atoms with Crippen molar-refractivity contribution in [3.63, 3.8) is 0 Å². The number of rotatable bonds is 3. The molecular weight excluding hydrogens is 283 g/mol. The molecule has 2 rings (SSSR count). The number of H-pyrrole nitrogens is 1. The zero-order chi connectivity index (χ0) is 14.9. The van der Waals surface area contributed by atoms with Crippen molar-refractivity contribution in [1.82, 2.24) is 25.2 Å². The molecule has 0 aromatic carbocycles. The summed E-state index contributed by atoms with van der Waals surface area (Å²) in [7, 11) is 2.30. The van der Waals surface area contributed by atoms with Gasteiger partial charge in [-0.3, -0.25) is 0 Å². The smallest absolute Gasteiger partial charge is 0.435 e. The molecule has 0 unspecified atom stereocenters. The molecule has 0 amide bonds. The zero-order valence-electron chi connectivity index (χ0n) is 10.2. The minimum atomic E-state index is -4.84. The average Bonchev–Trinajstić information content (AvgIpc) is 2.82. The topological polar surface area (TPSA) is 94.9 Å². The van der Waals surface area contributed by atoms with Crippen LogP contribution in [0.2, 0.25) is 0 Å². The first-order valence-electron chi connectivity index (χ1n) is 5.09. The maximum atomic E-state index is 13.1. The van der Waals surface area contributed by atoms with Gasteiger partial charge >= 0.3 is 11.9 Å². The second-order valence-electron chi connectivity index (χ2n) is 3.48. The number of methoxy groups -OCH3 is 2. The first-order valence-corrected chi connectivity index (χ1v) is 5.09. The Balaban J connectivity index is 2.83. The number of aromatic nitrogens is 5. The molecule has 0 fully saturated rings. The quantitative estimate of drug-likeness (QED) is 0.878. The van der Waals surface area contributed by atoms with Crippen LogP contribution in [0.3, 0.4) is 0 Å². The molecule has 2 aromatic heterocycles. The molecule has 108 valence electrons. The fourth-order valence-electron chi connectivity index (χ4n) is 1.50. The van der Waals surface area contributed by atoms with Crippen molar-refractivity contribution >= 4 is 0 Å². The van der Waals surface area contributed by atoms with Crippen LogP contribution in [0.1, 0.15) is 5.69 Å². The van der Waals surface area contributed by atoms with Gasteiger partial charge in [-0.2, -0.15) is 17.9 Å². The lowest BCUT2D eigenvalue weighted by Crippen LogP contribution is -2.22. The van der Waals surface area contributed by atoms with Crippen LogP contribution in [0.4, 0.5) is 13.2 Å². The molecule has 8 nitrogen and oxygen atoms in total. The third kappa shape index (κ3) is 2.29. The van der Waals surface area contributed by atoms with E-state index in [0.29, 0.717) is 4.68 Å². The van der Waals surface area contributed by atoms with Crippen LogP contribution in [0, 0.1) is 0 Å². The fraction of sp³-hybridized carbons (Fsp3) is 0.333. The minimum absolute atomic E-state index is 0.278. The number of pyridine rings is 1. The van der Waals surface area contributed by atoms with Gasteiger partial charge < -0.3 is 9.47 Å². The van der Waals surface area contributed by atoms with Crippen LogP contribution in [0.15, 0.2) is 10.9 Å². The molecule has 2 heterocycles. The number of halogens is 3. The summed E-state index contributed by atoms with van der Waals surface area (Å²) in [6.07, 6.45) is -4.84. The van der Waals surface area contributed by atoms with E-state index < -0.39 is 23.2 Å². The number of aromatic amines is 1. The van der Waals surface area contributed by atoms with E-state index in [1.54, 1.807) is 0 Å². The number of alkyl halides is 3. The van der Waals surface area contributed by atoms with Gasteiger partial charge in [-0.1, -0.05) is 0 Å². The summed E-state index contributed by atoms with van der Waals surface area (Å²) in [4.78, 5) is 14.7. The van der Waals surface area contributed by atoms with Crippen molar-refractivity contribution in [3.05, 3.63) is 22.2 Å². The van der Waals surface area contributed by atoms with Crippen molar-refractivity contribution in [2.24, 2.45) is 0 Å². The highest BCUT2D eigenvalue weighted by atomic mass is 19.4. The minimum Gasteiger partial charge on any atom is -0.494 e. The number of hydrogen-bond donors (Lipinski definition) is 1. The van der Waals surface area contributed by atoms with Crippen molar-refractivity contribution in [3.8, 4) is 17.3 Å². The van der Waals surface area contributed by atoms with Gasteiger partial charge in [0.25, 0.3) is 0 Å². The Hall–Kier alpha value is -2.59. The summed E-state index contributed by atoms with van der Waals surface area (Å²) in [5.41, 5.74) is -3.00. The van der Waals surface area contributed by atoms with Crippen molar-refractivity contribution in [1.29, 1.82) is 0 Å². The molecule has 2 aromatic rings. The Morgan fingerprint density at radius 2 is 2.00 bits per heavy atom. The number of nitrogens with one attached hydrogen (secondary N) is 1. The Morgan fingerprint density at radius 1 is 1.30 bits per heavy atom. The van der Waals surface area contributed by atoms with Gasteiger partial charge in [0.1, 0.15) is 5.69 Å². The Kier molecular flexibility index (Phi) is 3.34. The maximum absolute atomic E-state index is 13.1. The Morgan fingerprint density at radius 3 is 2.45 bits per heavy atom. The van der Waals surface area contributed by atoms with Crippen molar-refractivity contribution in [2.75, 3.05) is 14.2 Å². The third-order valence-corrected chi connectivity index (χ3v) is 2.32. The van der Waals surface area contributed by atoms with Gasteiger partial charge in [-0.25, -0.2) is 14.9 Å². The molecule has 20 heavy (non-hydrogen) atoms. The highest BCUT2D eigenvalue weighted by Crippen LogP contribution is 2.38. The highest BCUT2D eigenvalue weighted by Gasteiger charge is 2.39. The SMILES string of the molecule is COc1cc(OC)c(-n2nn[nH]c2=O)c(C(F)(F)F)n1. The molecule has 1 N–H and O–H groups in total. The van der Waals surface area contributed by atoms with Gasteiger partial charge in [0.2, 0.25) is 5.88 Å². The predicted octanol–water partition coefficient (Wildman–Crippen LogP) is 0.387. The summed E-state index contributed by atoms with van der Waals surface area (Å²) >= 11 is 0. The molecule has 0 atom stereocenters. The lowest BCUT2D eigenvalue weighted by Gasteiger charge is -2.15. The molecule has 0 saturated carbocycles. The van der Waals surface area contributed by atoms with E-state index in [-0.39, 0.29) is 11.6 Å². The van der Waals surface area contributed by atoms with E-state index >= 15 is 0 Å². The fourth-order valence-corrected chi connectivity index (χ4v) is 1.50. The van der Waals surface area contributed by atoms with Gasteiger partial charge in [0.15, 0.2) is 11.4 Å². The molecule has 0 saturated heterocycles. The average molecular weight is 291 g/mol. The molecule has 0 radical (unpaired) electrons. The third-order valence-electron chi connectivity index (χ3n) is 2.32. The summed E-state index contributed by atoms with van der Waals surface area (Å²) < 4.78 is 49.1. The van der Waals surface area contributed by atoms with Crippen LogP contribution in [-0.4, -0.2) is 39.4 Å². The van der Waals surface area contributed by atoms with Crippen LogP contribution in [0.25, 0.3) is 5.69 Å². The predicted molar refractivity (Wildman–Crippen MR) is 57.9 cm³/mol. The highest BCUT2D eigenvalue weighted by molar-refractivity contribution is 5.52. The van der Waals surface area contributed by atoms with E-state index in [4.69, 9.17) is 4.74 Å². The standard InChI is InChI=1S/C9H8F3N5O3/c1-19-4-3-5(20-2)13-7(9(10,11)12)6(4)17-8(18)14-15-16-17/h3H,1-2H3,(H,14,16,18). The molecule has 11 heteroatoms. The normalized spacial score (nSPS) is 11.4. The largest absolute Gasteiger partial charge is 0.494 e. The van der Waals surface area contributed by atoms with Gasteiger partial charge in [0.05, 0.1) is 14.2 Å². The summed E-state index contributed by atoms with van der Waals surface area (Å²) in [6, 6.07) is 1.10. The van der Waals surface area contributed by atoms with Gasteiger partial charge in [0, 0.05) is 6.07 Å². The van der Waals surface area contributed by atoms with Crippen molar-refractivity contribution < 1.29 is 22.6 Å². The zero-order valence-corrected chi connectivity index (χ0v) is 10.2. The second-order valence-corrected chi connectivity index (χ2v) is 3.48. The van der Waals surface area contributed by atoms with Crippen LogP contribution in [0.5, 0.6) is 11.6 Å². The van der Waals surface area contributed by atoms with E-state index in [1.165, 1.54) is 0 Å². The van der Waals surface area contributed by atoms with Crippen molar-refractivity contribution in [2.45, 2.75) is 6.18 Å². The number of tetrazole rings is 1.